The summed E-state index contributed by atoms with van der Waals surface area (Å²) in [6.07, 6.45) is 17.2. The Hall–Kier alpha value is -0.0400. The highest BCUT2D eigenvalue weighted by atomic mass is 16.5. The van der Waals surface area contributed by atoms with Crippen LogP contribution in [0.1, 0.15) is 84.5 Å². The summed E-state index contributed by atoms with van der Waals surface area (Å²) >= 11 is 0. The fourth-order valence-electron chi connectivity index (χ4n) is 1.99. The highest BCUT2D eigenvalue weighted by Gasteiger charge is 1.93. The fraction of sp³-hybridized carbons (Fsp3) is 0.938. The van der Waals surface area contributed by atoms with Crippen LogP contribution in [0.25, 0.3) is 0 Å². The van der Waals surface area contributed by atoms with Crippen molar-refractivity contribution >= 4 is 0 Å². The molecule has 0 aromatic heterocycles. The zero-order valence-corrected chi connectivity index (χ0v) is 12.2. The minimum Gasteiger partial charge on any atom is -0.381 e. The van der Waals surface area contributed by atoms with E-state index in [1.54, 1.807) is 0 Å². The maximum Gasteiger partial charge on any atom is 0.0468 e. The first-order valence-corrected chi connectivity index (χ1v) is 7.77. The molecule has 0 aliphatic heterocycles. The van der Waals surface area contributed by atoms with E-state index in [0.29, 0.717) is 0 Å². The lowest BCUT2D eigenvalue weighted by atomic mass is 10.1. The third kappa shape index (κ3) is 16.0. The predicted molar refractivity (Wildman–Crippen MR) is 77.3 cm³/mol. The first-order chi connectivity index (χ1) is 8.41. The van der Waals surface area contributed by atoms with Crippen molar-refractivity contribution in [2.75, 3.05) is 13.2 Å². The first kappa shape index (κ1) is 17.0. The number of rotatable bonds is 14. The van der Waals surface area contributed by atoms with E-state index >= 15 is 0 Å². The molecule has 0 aromatic carbocycles. The van der Waals surface area contributed by atoms with Crippen molar-refractivity contribution in [2.45, 2.75) is 84.5 Å². The van der Waals surface area contributed by atoms with Crippen molar-refractivity contribution in [2.24, 2.45) is 0 Å². The molecule has 0 aliphatic rings. The van der Waals surface area contributed by atoms with E-state index in [9.17, 15) is 0 Å². The van der Waals surface area contributed by atoms with E-state index in [1.807, 2.05) is 0 Å². The zero-order chi connectivity index (χ0) is 12.6. The molecule has 0 heterocycles. The van der Waals surface area contributed by atoms with Crippen LogP contribution in [0.3, 0.4) is 0 Å². The Morgan fingerprint density at radius 3 is 1.76 bits per heavy atom. The summed E-state index contributed by atoms with van der Waals surface area (Å²) in [6.45, 7) is 6.24. The maximum atomic E-state index is 5.51. The zero-order valence-electron chi connectivity index (χ0n) is 12.2. The SMILES string of the molecule is C[CH]CCOCCCCCCCCCCCC. The summed E-state index contributed by atoms with van der Waals surface area (Å²) in [7, 11) is 0. The van der Waals surface area contributed by atoms with Crippen molar-refractivity contribution < 1.29 is 4.74 Å². The molecule has 0 fully saturated rings. The van der Waals surface area contributed by atoms with Crippen molar-refractivity contribution in [3.05, 3.63) is 6.42 Å². The normalized spacial score (nSPS) is 10.9. The van der Waals surface area contributed by atoms with Crippen LogP contribution in [0.15, 0.2) is 0 Å². The topological polar surface area (TPSA) is 9.23 Å². The van der Waals surface area contributed by atoms with E-state index < -0.39 is 0 Å². The summed E-state index contributed by atoms with van der Waals surface area (Å²) in [5.74, 6) is 0. The van der Waals surface area contributed by atoms with E-state index in [2.05, 4.69) is 20.3 Å². The van der Waals surface area contributed by atoms with E-state index in [4.69, 9.17) is 4.74 Å². The minimum absolute atomic E-state index is 0.911. The Labute approximate surface area is 109 Å². The van der Waals surface area contributed by atoms with Gasteiger partial charge in [-0.3, -0.25) is 0 Å². The maximum absolute atomic E-state index is 5.51. The summed E-state index contributed by atoms with van der Waals surface area (Å²) in [5.41, 5.74) is 0. The highest BCUT2D eigenvalue weighted by Crippen LogP contribution is 2.10. The van der Waals surface area contributed by atoms with Crippen molar-refractivity contribution in [3.63, 3.8) is 0 Å². The molecule has 17 heavy (non-hydrogen) atoms. The van der Waals surface area contributed by atoms with Crippen LogP contribution < -0.4 is 0 Å². The highest BCUT2D eigenvalue weighted by molar-refractivity contribution is 4.53. The van der Waals surface area contributed by atoms with Gasteiger partial charge >= 0.3 is 0 Å². The lowest BCUT2D eigenvalue weighted by Crippen LogP contribution is -1.96. The number of unbranched alkanes of at least 4 members (excludes halogenated alkanes) is 10. The molecule has 1 radical (unpaired) electrons. The number of hydrogen-bond donors (Lipinski definition) is 0. The van der Waals surface area contributed by atoms with Crippen molar-refractivity contribution in [3.8, 4) is 0 Å². The largest absolute Gasteiger partial charge is 0.381 e. The molecule has 0 N–H and O–H groups in total. The van der Waals surface area contributed by atoms with Gasteiger partial charge in [0.15, 0.2) is 0 Å². The van der Waals surface area contributed by atoms with Crippen molar-refractivity contribution in [1.82, 2.24) is 0 Å². The van der Waals surface area contributed by atoms with Crippen LogP contribution >= 0.6 is 0 Å². The van der Waals surface area contributed by atoms with Gasteiger partial charge in [0.2, 0.25) is 0 Å². The fourth-order valence-corrected chi connectivity index (χ4v) is 1.99. The van der Waals surface area contributed by atoms with E-state index in [0.717, 1.165) is 19.6 Å². The minimum atomic E-state index is 0.911. The average Bonchev–Trinajstić information content (AvgIpc) is 2.35. The Balaban J connectivity index is 2.85. The van der Waals surface area contributed by atoms with Gasteiger partial charge in [0.05, 0.1) is 0 Å². The number of ether oxygens (including phenoxy) is 1. The molecule has 0 rings (SSSR count). The van der Waals surface area contributed by atoms with E-state index in [1.165, 1.54) is 64.2 Å². The van der Waals surface area contributed by atoms with Gasteiger partial charge in [-0.05, 0) is 19.3 Å². The van der Waals surface area contributed by atoms with Gasteiger partial charge in [0, 0.05) is 13.2 Å². The molecule has 103 valence electrons. The van der Waals surface area contributed by atoms with Crippen molar-refractivity contribution in [1.29, 1.82) is 0 Å². The van der Waals surface area contributed by atoms with Crippen LogP contribution in [0.4, 0.5) is 0 Å². The molecule has 0 atom stereocenters. The molecule has 0 saturated carbocycles. The molecule has 0 spiro atoms. The van der Waals surface area contributed by atoms with Crippen LogP contribution in [0.5, 0.6) is 0 Å². The molecule has 0 bridgehead atoms. The Morgan fingerprint density at radius 1 is 0.706 bits per heavy atom. The average molecular weight is 241 g/mol. The third-order valence-corrected chi connectivity index (χ3v) is 3.19. The number of hydrogen-bond acceptors (Lipinski definition) is 1. The molecule has 1 nitrogen and oxygen atoms in total. The lowest BCUT2D eigenvalue weighted by Gasteiger charge is -2.03. The van der Waals surface area contributed by atoms with Gasteiger partial charge in [0.1, 0.15) is 0 Å². The second kappa shape index (κ2) is 16.0. The van der Waals surface area contributed by atoms with Gasteiger partial charge < -0.3 is 4.74 Å². The molecule has 1 heteroatoms. The third-order valence-electron chi connectivity index (χ3n) is 3.19. The Bertz CT molecular complexity index is 109. The standard InChI is InChI=1S/C16H33O/c1-3-5-7-8-9-10-11-12-13-14-16-17-15-6-4-2/h4H,3,5-16H2,1-2H3. The monoisotopic (exact) mass is 241 g/mol. The Kier molecular flexibility index (Phi) is 15.9. The quantitative estimate of drug-likeness (QED) is 0.363. The van der Waals surface area contributed by atoms with Gasteiger partial charge in [-0.2, -0.15) is 0 Å². The molecule has 0 aliphatic carbocycles. The molecular weight excluding hydrogens is 208 g/mol. The summed E-state index contributed by atoms with van der Waals surface area (Å²) < 4.78 is 5.51. The van der Waals surface area contributed by atoms with Gasteiger partial charge in [0.25, 0.3) is 0 Å². The predicted octanol–water partition coefficient (Wildman–Crippen LogP) is 5.54. The van der Waals surface area contributed by atoms with Crippen LogP contribution in [0.2, 0.25) is 0 Å². The second-order valence-electron chi connectivity index (χ2n) is 4.99. The van der Waals surface area contributed by atoms with Gasteiger partial charge in [-0.1, -0.05) is 71.6 Å². The van der Waals surface area contributed by atoms with Gasteiger partial charge in [-0.15, -0.1) is 0 Å². The molecule has 0 aromatic rings. The van der Waals surface area contributed by atoms with Crippen LogP contribution in [-0.4, -0.2) is 13.2 Å². The van der Waals surface area contributed by atoms with E-state index in [-0.39, 0.29) is 0 Å². The Morgan fingerprint density at radius 2 is 1.24 bits per heavy atom. The summed E-state index contributed by atoms with van der Waals surface area (Å²) in [4.78, 5) is 0. The van der Waals surface area contributed by atoms with Crippen LogP contribution in [0, 0.1) is 6.42 Å². The summed E-state index contributed by atoms with van der Waals surface area (Å²) in [5, 5.41) is 0. The smallest absolute Gasteiger partial charge is 0.0468 e. The first-order valence-electron chi connectivity index (χ1n) is 7.77. The second-order valence-corrected chi connectivity index (χ2v) is 4.99. The van der Waals surface area contributed by atoms with Gasteiger partial charge in [-0.25, -0.2) is 0 Å². The molecule has 0 amide bonds. The molecule has 0 unspecified atom stereocenters. The van der Waals surface area contributed by atoms with Crippen LogP contribution in [-0.2, 0) is 4.74 Å². The molecule has 0 saturated heterocycles. The summed E-state index contributed by atoms with van der Waals surface area (Å²) in [6, 6.07) is 0. The lowest BCUT2D eigenvalue weighted by molar-refractivity contribution is 0.132. The molecular formula is C16H33O.